The molecule has 29 heavy (non-hydrogen) atoms. The van der Waals surface area contributed by atoms with Gasteiger partial charge >= 0.3 is 0 Å². The molecule has 4 aromatic rings. The summed E-state index contributed by atoms with van der Waals surface area (Å²) < 4.78 is 14.8. The molecule has 0 saturated carbocycles. The number of hydrogen-bond donors (Lipinski definition) is 1. The lowest BCUT2D eigenvalue weighted by Gasteiger charge is -2.20. The number of para-hydroxylation sites is 2. The van der Waals surface area contributed by atoms with Gasteiger partial charge in [-0.1, -0.05) is 53.0 Å². The Bertz CT molecular complexity index is 1160. The van der Waals surface area contributed by atoms with Gasteiger partial charge < -0.3 is 4.98 Å². The van der Waals surface area contributed by atoms with Crippen LogP contribution in [0.2, 0.25) is 0 Å². The number of nitrogens with zero attached hydrogens (tertiary/aromatic N) is 4. The number of halogens is 1. The van der Waals surface area contributed by atoms with Gasteiger partial charge in [0.25, 0.3) is 0 Å². The molecule has 1 N–H and O–H groups in total. The van der Waals surface area contributed by atoms with Gasteiger partial charge in [-0.15, -0.1) is 0 Å². The van der Waals surface area contributed by atoms with Crippen molar-refractivity contribution in [2.45, 2.75) is 32.5 Å². The summed E-state index contributed by atoms with van der Waals surface area (Å²) in [5, 5.41) is 0. The molecule has 0 aliphatic heterocycles. The molecule has 1 aliphatic carbocycles. The molecule has 5 nitrogen and oxygen atoms in total. The molecule has 0 unspecified atom stereocenters. The molecular formula is C23H22FN5. The van der Waals surface area contributed by atoms with Crippen LogP contribution in [0.5, 0.6) is 0 Å². The number of rotatable bonds is 6. The monoisotopic (exact) mass is 387 g/mol. The fraction of sp³-hybridized carbons (Fsp3) is 0.217. The van der Waals surface area contributed by atoms with E-state index in [9.17, 15) is 4.48 Å². The Kier molecular flexibility index (Phi) is 4.69. The molecule has 146 valence electrons. The number of allylic oxidation sites excluding steroid dienone is 1. The van der Waals surface area contributed by atoms with Gasteiger partial charge in [-0.3, -0.25) is 4.90 Å². The molecule has 0 radical (unpaired) electrons. The zero-order valence-corrected chi connectivity index (χ0v) is 16.1. The maximum absolute atomic E-state index is 14.8. The molecule has 2 aromatic carbocycles. The van der Waals surface area contributed by atoms with Crippen molar-refractivity contribution in [3.8, 4) is 0 Å². The molecule has 0 atom stereocenters. The number of aromatic nitrogens is 4. The Labute approximate surface area is 168 Å². The highest BCUT2D eigenvalue weighted by molar-refractivity contribution is 5.75. The quantitative estimate of drug-likeness (QED) is 0.524. The Morgan fingerprint density at radius 3 is 2.62 bits per heavy atom. The minimum absolute atomic E-state index is 0.390. The van der Waals surface area contributed by atoms with Crippen LogP contribution in [0.15, 0.2) is 60.7 Å². The molecule has 2 heterocycles. The number of hydrogen-bond acceptors (Lipinski definition) is 3. The second-order valence-electron chi connectivity index (χ2n) is 7.42. The van der Waals surface area contributed by atoms with Crippen LogP contribution in [-0.2, 0) is 26.1 Å². The number of aryl methyl sites for hydroxylation is 1. The summed E-state index contributed by atoms with van der Waals surface area (Å²) in [6.45, 7) is 1.67. The van der Waals surface area contributed by atoms with Crippen LogP contribution in [-0.4, -0.2) is 24.6 Å². The molecule has 0 saturated heterocycles. The van der Waals surface area contributed by atoms with Gasteiger partial charge in [-0.05, 0) is 36.6 Å². The van der Waals surface area contributed by atoms with E-state index in [0.717, 1.165) is 24.4 Å². The van der Waals surface area contributed by atoms with Crippen LogP contribution in [0.4, 0.5) is 4.48 Å². The normalized spacial score (nSPS) is 13.3. The van der Waals surface area contributed by atoms with E-state index in [0.29, 0.717) is 41.3 Å². The molecular weight excluding hydrogens is 365 g/mol. The summed E-state index contributed by atoms with van der Waals surface area (Å²) in [7, 11) is 0. The zero-order chi connectivity index (χ0) is 19.6. The fourth-order valence-electron chi connectivity index (χ4n) is 3.87. The summed E-state index contributed by atoms with van der Waals surface area (Å²) in [6.07, 6.45) is 6.24. The van der Waals surface area contributed by atoms with Crippen molar-refractivity contribution in [1.29, 1.82) is 0 Å². The predicted octanol–water partition coefficient (Wildman–Crippen LogP) is 4.65. The van der Waals surface area contributed by atoms with Crippen LogP contribution in [0.3, 0.4) is 0 Å². The Hall–Kier alpha value is -3.25. The van der Waals surface area contributed by atoms with Crippen molar-refractivity contribution in [3.05, 3.63) is 89.3 Å². The molecule has 0 spiro atoms. The van der Waals surface area contributed by atoms with Crippen LogP contribution < -0.4 is 0 Å². The van der Waals surface area contributed by atoms with Crippen molar-refractivity contribution in [3.63, 3.8) is 0 Å². The molecule has 2 aromatic heterocycles. The fourth-order valence-corrected chi connectivity index (χ4v) is 3.87. The number of nitrogens with one attached hydrogen (secondary N) is 1. The summed E-state index contributed by atoms with van der Waals surface area (Å²) in [5.41, 5.74) is 4.54. The zero-order valence-electron chi connectivity index (χ0n) is 16.1. The van der Waals surface area contributed by atoms with Gasteiger partial charge in [0.1, 0.15) is 11.3 Å². The van der Waals surface area contributed by atoms with E-state index in [1.165, 1.54) is 11.3 Å². The first-order valence-electron chi connectivity index (χ1n) is 9.89. The van der Waals surface area contributed by atoms with Gasteiger partial charge in [0.05, 0.1) is 24.3 Å². The van der Waals surface area contributed by atoms with E-state index in [2.05, 4.69) is 39.2 Å². The molecule has 5 rings (SSSR count). The first-order valence-corrected chi connectivity index (χ1v) is 9.89. The van der Waals surface area contributed by atoms with Gasteiger partial charge in [0.2, 0.25) is 0 Å². The number of aromatic amines is 1. The van der Waals surface area contributed by atoms with Crippen molar-refractivity contribution < 1.29 is 4.48 Å². The lowest BCUT2D eigenvalue weighted by molar-refractivity contribution is 0.219. The lowest BCUT2D eigenvalue weighted by atomic mass is 10.1. The topological polar surface area (TPSA) is 49.7 Å². The van der Waals surface area contributed by atoms with E-state index in [4.69, 9.17) is 4.98 Å². The van der Waals surface area contributed by atoms with Gasteiger partial charge in [-0.25, -0.2) is 9.97 Å². The number of fused-ring (bicyclic) bond motifs is 2. The SMILES string of the molecule is Fn1c(CN(Cc2ccccc2)Cc2nc3c([nH]2)CCC=C3)nc2ccccc21. The van der Waals surface area contributed by atoms with Gasteiger partial charge in [0, 0.05) is 12.2 Å². The maximum Gasteiger partial charge on any atom is 0.154 e. The van der Waals surface area contributed by atoms with E-state index in [1.54, 1.807) is 6.07 Å². The highest BCUT2D eigenvalue weighted by Gasteiger charge is 2.18. The first kappa shape index (κ1) is 17.8. The average Bonchev–Trinajstić information content (AvgIpc) is 3.29. The van der Waals surface area contributed by atoms with Crippen LogP contribution in [0.25, 0.3) is 17.1 Å². The van der Waals surface area contributed by atoms with Crippen LogP contribution >= 0.6 is 0 Å². The average molecular weight is 387 g/mol. The van der Waals surface area contributed by atoms with E-state index < -0.39 is 0 Å². The first-order chi connectivity index (χ1) is 14.3. The maximum atomic E-state index is 14.8. The highest BCUT2D eigenvalue weighted by atomic mass is 19.2. The van der Waals surface area contributed by atoms with E-state index >= 15 is 0 Å². The van der Waals surface area contributed by atoms with E-state index in [-0.39, 0.29) is 0 Å². The summed E-state index contributed by atoms with van der Waals surface area (Å²) >= 11 is 0. The molecule has 1 aliphatic rings. The molecule has 0 fully saturated rings. The van der Waals surface area contributed by atoms with Crippen LogP contribution in [0, 0.1) is 0 Å². The summed E-state index contributed by atoms with van der Waals surface area (Å²) in [6, 6.07) is 17.5. The Morgan fingerprint density at radius 2 is 1.79 bits per heavy atom. The standard InChI is InChI=1S/C23H22FN5/c24-29-21-13-7-6-12-20(21)27-23(29)16-28(14-17-8-2-1-3-9-17)15-22-25-18-10-4-5-11-19(18)26-22/h1-4,6-10,12-13H,5,11,14-16H2,(H,25,26). The van der Waals surface area contributed by atoms with Gasteiger partial charge in [-0.2, -0.15) is 4.79 Å². The molecule has 0 amide bonds. The Morgan fingerprint density at radius 1 is 0.966 bits per heavy atom. The van der Waals surface area contributed by atoms with Crippen molar-refractivity contribution in [1.82, 2.24) is 24.6 Å². The van der Waals surface area contributed by atoms with Crippen molar-refractivity contribution >= 4 is 17.1 Å². The third-order valence-electron chi connectivity index (χ3n) is 5.25. The van der Waals surface area contributed by atoms with Crippen molar-refractivity contribution in [2.75, 3.05) is 0 Å². The molecule has 6 heteroatoms. The number of imidazole rings is 2. The van der Waals surface area contributed by atoms with Crippen molar-refractivity contribution in [2.24, 2.45) is 0 Å². The van der Waals surface area contributed by atoms with Crippen LogP contribution in [0.1, 0.15) is 35.0 Å². The lowest BCUT2D eigenvalue weighted by Crippen LogP contribution is -2.24. The van der Waals surface area contributed by atoms with E-state index in [1.807, 2.05) is 36.4 Å². The number of benzene rings is 2. The highest BCUT2D eigenvalue weighted by Crippen LogP contribution is 2.21. The smallest absolute Gasteiger partial charge is 0.154 e. The summed E-state index contributed by atoms with van der Waals surface area (Å²) in [4.78, 5) is 15.6. The minimum atomic E-state index is 0.390. The number of H-pyrrole nitrogens is 1. The third-order valence-corrected chi connectivity index (χ3v) is 5.25. The largest absolute Gasteiger partial charge is 0.344 e. The second kappa shape index (κ2) is 7.64. The third kappa shape index (κ3) is 3.71. The molecule has 0 bridgehead atoms. The predicted molar refractivity (Wildman–Crippen MR) is 112 cm³/mol. The minimum Gasteiger partial charge on any atom is -0.344 e. The Balaban J connectivity index is 1.43. The second-order valence-corrected chi connectivity index (χ2v) is 7.42. The summed E-state index contributed by atoms with van der Waals surface area (Å²) in [5.74, 6) is 1.30. The van der Waals surface area contributed by atoms with Gasteiger partial charge in [0.15, 0.2) is 5.82 Å².